The van der Waals surface area contributed by atoms with Gasteiger partial charge in [0.1, 0.15) is 5.75 Å². The number of hydrogen-bond donors (Lipinski definition) is 2. The fourth-order valence-electron chi connectivity index (χ4n) is 6.91. The maximum atomic E-state index is 13.6. The van der Waals surface area contributed by atoms with Crippen molar-refractivity contribution in [2.75, 3.05) is 0 Å². The number of aromatic hydroxyl groups is 1. The van der Waals surface area contributed by atoms with Gasteiger partial charge in [-0.15, -0.1) is 0 Å². The lowest BCUT2D eigenvalue weighted by Gasteiger charge is -2.39. The van der Waals surface area contributed by atoms with Crippen LogP contribution in [0.15, 0.2) is 42.5 Å². The number of aryl methyl sites for hydroxylation is 1. The summed E-state index contributed by atoms with van der Waals surface area (Å²) >= 11 is 0. The molecular formula is C28H34N2O3. The molecule has 2 heterocycles. The number of nitrogens with two attached hydrogens (primary N) is 1. The number of nitrogens with zero attached hydrogens (tertiary/aromatic N) is 1. The van der Waals surface area contributed by atoms with Crippen LogP contribution < -0.4 is 5.73 Å². The molecule has 2 amide bonds. The molecule has 3 unspecified atom stereocenters. The zero-order valence-electron chi connectivity index (χ0n) is 19.6. The zero-order chi connectivity index (χ0) is 23.3. The topological polar surface area (TPSA) is 83.6 Å². The smallest absolute Gasteiger partial charge is 0.226 e. The minimum atomic E-state index is -0.360. The van der Waals surface area contributed by atoms with Gasteiger partial charge in [-0.25, -0.2) is 0 Å². The van der Waals surface area contributed by atoms with Crippen LogP contribution in [0, 0.1) is 17.3 Å². The molecule has 3 N–H and O–H groups in total. The summed E-state index contributed by atoms with van der Waals surface area (Å²) in [5.74, 6) is 0.304. The highest BCUT2D eigenvalue weighted by atomic mass is 16.3. The van der Waals surface area contributed by atoms with E-state index in [0.29, 0.717) is 12.3 Å². The minimum Gasteiger partial charge on any atom is -0.508 e. The second-order valence-corrected chi connectivity index (χ2v) is 10.9. The summed E-state index contributed by atoms with van der Waals surface area (Å²) in [6.45, 7) is 4.21. The van der Waals surface area contributed by atoms with Crippen molar-refractivity contribution in [1.82, 2.24) is 4.90 Å². The van der Waals surface area contributed by atoms with Crippen molar-refractivity contribution < 1.29 is 14.7 Å². The summed E-state index contributed by atoms with van der Waals surface area (Å²) in [6, 6.07) is 13.8. The Hall–Kier alpha value is -2.82. The van der Waals surface area contributed by atoms with Gasteiger partial charge in [0.2, 0.25) is 11.8 Å². The summed E-state index contributed by atoms with van der Waals surface area (Å²) in [4.78, 5) is 27.8. The third-order valence-corrected chi connectivity index (χ3v) is 8.42. The number of benzene rings is 2. The molecule has 174 valence electrons. The number of carbonyl (C=O) groups excluding carboxylic acids is 2. The number of fused-ring (bicyclic) bond motifs is 4. The van der Waals surface area contributed by atoms with E-state index in [1.165, 1.54) is 11.1 Å². The lowest BCUT2D eigenvalue weighted by molar-refractivity contribution is -0.139. The van der Waals surface area contributed by atoms with Gasteiger partial charge in [-0.05, 0) is 84.2 Å². The van der Waals surface area contributed by atoms with Crippen molar-refractivity contribution in [2.24, 2.45) is 23.0 Å². The Morgan fingerprint density at radius 2 is 1.91 bits per heavy atom. The minimum absolute atomic E-state index is 0.0969. The molecule has 33 heavy (non-hydrogen) atoms. The zero-order valence-corrected chi connectivity index (χ0v) is 19.6. The molecule has 0 saturated carbocycles. The third-order valence-electron chi connectivity index (χ3n) is 8.42. The van der Waals surface area contributed by atoms with Crippen molar-refractivity contribution in [2.45, 2.75) is 70.9 Å². The number of phenols is 1. The number of carbonyl (C=O) groups is 2. The fourth-order valence-corrected chi connectivity index (χ4v) is 6.91. The van der Waals surface area contributed by atoms with Crippen LogP contribution in [-0.4, -0.2) is 27.9 Å². The van der Waals surface area contributed by atoms with Gasteiger partial charge in [0.15, 0.2) is 0 Å². The molecule has 1 aliphatic carbocycles. The molecule has 0 radical (unpaired) electrons. The first-order chi connectivity index (χ1) is 15.7. The molecule has 0 bridgehead atoms. The fraction of sp³-hybridized carbons (Fsp3) is 0.500. The quantitative estimate of drug-likeness (QED) is 0.734. The first-order valence-electron chi connectivity index (χ1n) is 12.2. The van der Waals surface area contributed by atoms with Crippen molar-refractivity contribution in [3.8, 4) is 5.75 Å². The predicted octanol–water partition coefficient (Wildman–Crippen LogP) is 4.30. The molecule has 2 aliphatic heterocycles. The van der Waals surface area contributed by atoms with Gasteiger partial charge in [0.25, 0.3) is 0 Å². The number of hydrogen-bond acceptors (Lipinski definition) is 3. The number of primary amides is 1. The van der Waals surface area contributed by atoms with E-state index in [9.17, 15) is 14.7 Å². The van der Waals surface area contributed by atoms with Crippen LogP contribution in [0.5, 0.6) is 5.75 Å². The Labute approximate surface area is 196 Å². The SMILES string of the molecule is C[C@H]1Cc2ccc(O)cc2[C@H]2CC(C)(CC3CCc4ccccc4C3)C(CC(N)=O)N2C1=O. The van der Waals surface area contributed by atoms with Crippen LogP contribution in [-0.2, 0) is 28.9 Å². The van der Waals surface area contributed by atoms with Crippen LogP contribution in [0.4, 0.5) is 0 Å². The summed E-state index contributed by atoms with van der Waals surface area (Å²) in [7, 11) is 0. The van der Waals surface area contributed by atoms with E-state index in [1.54, 1.807) is 6.07 Å². The Bertz CT molecular complexity index is 1100. The van der Waals surface area contributed by atoms with E-state index in [4.69, 9.17) is 5.73 Å². The molecule has 1 fully saturated rings. The monoisotopic (exact) mass is 446 g/mol. The predicted molar refractivity (Wildman–Crippen MR) is 127 cm³/mol. The summed E-state index contributed by atoms with van der Waals surface area (Å²) in [5.41, 5.74) is 10.5. The van der Waals surface area contributed by atoms with Gasteiger partial charge in [-0.3, -0.25) is 9.59 Å². The Morgan fingerprint density at radius 3 is 2.67 bits per heavy atom. The van der Waals surface area contributed by atoms with Gasteiger partial charge < -0.3 is 15.7 Å². The van der Waals surface area contributed by atoms with Gasteiger partial charge in [0.05, 0.1) is 6.04 Å². The molecule has 0 aromatic heterocycles. The second kappa shape index (κ2) is 8.19. The number of phenolic OH excluding ortho intramolecular Hbond substituents is 1. The largest absolute Gasteiger partial charge is 0.508 e. The number of amides is 2. The Kier molecular flexibility index (Phi) is 5.46. The highest BCUT2D eigenvalue weighted by Gasteiger charge is 2.54. The maximum absolute atomic E-state index is 13.6. The normalized spacial score (nSPS) is 30.8. The second-order valence-electron chi connectivity index (χ2n) is 10.9. The van der Waals surface area contributed by atoms with Crippen LogP contribution in [0.1, 0.15) is 67.8 Å². The average Bonchev–Trinajstić information content (AvgIpc) is 3.00. The van der Waals surface area contributed by atoms with Crippen LogP contribution in [0.25, 0.3) is 0 Å². The average molecular weight is 447 g/mol. The van der Waals surface area contributed by atoms with Gasteiger partial charge >= 0.3 is 0 Å². The molecule has 2 aromatic carbocycles. The van der Waals surface area contributed by atoms with Crippen LogP contribution >= 0.6 is 0 Å². The van der Waals surface area contributed by atoms with E-state index in [1.807, 2.05) is 24.0 Å². The molecule has 5 heteroatoms. The summed E-state index contributed by atoms with van der Waals surface area (Å²) in [5, 5.41) is 10.2. The van der Waals surface area contributed by atoms with Crippen molar-refractivity contribution >= 4 is 11.8 Å². The first kappa shape index (κ1) is 22.0. The van der Waals surface area contributed by atoms with Crippen LogP contribution in [0.3, 0.4) is 0 Å². The standard InChI is InChI=1S/C28H34N2O3/c1-17-11-21-9-10-22(31)13-23(21)24-16-28(2,25(14-26(29)32)30(24)27(17)33)15-18-7-8-19-5-3-4-6-20(19)12-18/h3-6,9-10,13,17-18,24-25,31H,7-8,11-12,14-16H2,1-2H3,(H2,29,32)/t17-,18?,24+,25?,28?/m0/s1. The highest BCUT2D eigenvalue weighted by Crippen LogP contribution is 2.55. The van der Waals surface area contributed by atoms with E-state index in [2.05, 4.69) is 31.2 Å². The highest BCUT2D eigenvalue weighted by molar-refractivity contribution is 5.83. The lowest BCUT2D eigenvalue weighted by atomic mass is 9.69. The molecular weight excluding hydrogens is 412 g/mol. The Morgan fingerprint density at radius 1 is 1.15 bits per heavy atom. The first-order valence-corrected chi connectivity index (χ1v) is 12.2. The van der Waals surface area contributed by atoms with E-state index in [-0.39, 0.29) is 47.4 Å². The molecule has 2 aromatic rings. The molecule has 1 saturated heterocycles. The van der Waals surface area contributed by atoms with Crippen LogP contribution in [0.2, 0.25) is 0 Å². The van der Waals surface area contributed by atoms with Crippen molar-refractivity contribution in [1.29, 1.82) is 0 Å². The molecule has 5 nitrogen and oxygen atoms in total. The van der Waals surface area contributed by atoms with Gasteiger partial charge in [-0.2, -0.15) is 0 Å². The maximum Gasteiger partial charge on any atom is 0.226 e. The molecule has 0 spiro atoms. The summed E-state index contributed by atoms with van der Waals surface area (Å²) < 4.78 is 0. The molecule has 5 rings (SSSR count). The van der Waals surface area contributed by atoms with E-state index in [0.717, 1.165) is 43.2 Å². The Balaban J connectivity index is 1.51. The molecule has 3 aliphatic rings. The third kappa shape index (κ3) is 3.92. The van der Waals surface area contributed by atoms with E-state index >= 15 is 0 Å². The molecule has 5 atom stereocenters. The number of rotatable bonds is 4. The lowest BCUT2D eigenvalue weighted by Crippen LogP contribution is -2.46. The van der Waals surface area contributed by atoms with Gasteiger partial charge in [-0.1, -0.05) is 44.2 Å². The summed E-state index contributed by atoms with van der Waals surface area (Å²) in [6.07, 6.45) is 5.84. The van der Waals surface area contributed by atoms with E-state index < -0.39 is 0 Å². The van der Waals surface area contributed by atoms with Crippen molar-refractivity contribution in [3.05, 3.63) is 64.7 Å². The van der Waals surface area contributed by atoms with Crippen molar-refractivity contribution in [3.63, 3.8) is 0 Å². The van der Waals surface area contributed by atoms with Gasteiger partial charge in [0, 0.05) is 18.4 Å².